The average Bonchev–Trinajstić information content (AvgIpc) is 3.25. The minimum Gasteiger partial charge on any atom is -0.332 e. The van der Waals surface area contributed by atoms with Gasteiger partial charge >= 0.3 is 0 Å². The molecule has 1 amide bonds. The van der Waals surface area contributed by atoms with Crippen molar-refractivity contribution in [1.82, 2.24) is 9.97 Å². The SMILES string of the molecule is Cc1c[nH]c2nc[nH+]c(N3CCC(C(=O)Nc4cccc(C(C)(C)C)c4)(c4ccccc4)CC3)c12. The lowest BCUT2D eigenvalue weighted by Crippen LogP contribution is -2.50. The second-order valence-electron chi connectivity index (χ2n) is 10.7. The van der Waals surface area contributed by atoms with E-state index in [1.165, 1.54) is 5.56 Å². The van der Waals surface area contributed by atoms with Crippen LogP contribution in [0, 0.1) is 6.92 Å². The van der Waals surface area contributed by atoms with Gasteiger partial charge in [-0.1, -0.05) is 68.2 Å². The van der Waals surface area contributed by atoms with Gasteiger partial charge in [0.1, 0.15) is 5.39 Å². The van der Waals surface area contributed by atoms with Gasteiger partial charge in [-0.25, -0.2) is 4.98 Å². The molecule has 0 unspecified atom stereocenters. The molecule has 0 aliphatic carbocycles. The minimum absolute atomic E-state index is 0.0198. The largest absolute Gasteiger partial charge is 0.332 e. The number of nitrogens with one attached hydrogen (secondary N) is 3. The minimum atomic E-state index is -0.588. The lowest BCUT2D eigenvalue weighted by Gasteiger charge is -2.39. The van der Waals surface area contributed by atoms with Crippen molar-refractivity contribution in [1.29, 1.82) is 0 Å². The van der Waals surface area contributed by atoms with E-state index >= 15 is 0 Å². The van der Waals surface area contributed by atoms with Gasteiger partial charge in [-0.2, -0.15) is 0 Å². The number of H-pyrrole nitrogens is 2. The number of amides is 1. The third kappa shape index (κ3) is 4.29. The molecule has 1 fully saturated rings. The molecule has 0 saturated carbocycles. The van der Waals surface area contributed by atoms with Gasteiger partial charge in [0.25, 0.3) is 0 Å². The molecule has 3 N–H and O–H groups in total. The predicted molar refractivity (Wildman–Crippen MR) is 141 cm³/mol. The predicted octanol–water partition coefficient (Wildman–Crippen LogP) is 5.16. The highest BCUT2D eigenvalue weighted by molar-refractivity contribution is 5.99. The zero-order valence-corrected chi connectivity index (χ0v) is 21.0. The standard InChI is InChI=1S/C29H33N5O/c1-20-18-30-25-24(20)26(32-19-31-25)34-15-13-29(14-16-34,21-9-6-5-7-10-21)27(35)33-23-12-8-11-22(17-23)28(2,3)4/h5-12,17-19H,13-16H2,1-4H3,(H,33,35)(H,30,31,32)/p+1. The summed E-state index contributed by atoms with van der Waals surface area (Å²) in [4.78, 5) is 27.4. The highest BCUT2D eigenvalue weighted by Crippen LogP contribution is 2.39. The van der Waals surface area contributed by atoms with Gasteiger partial charge in [-0.15, -0.1) is 0 Å². The Bertz CT molecular complexity index is 1340. The molecule has 35 heavy (non-hydrogen) atoms. The molecule has 6 heteroatoms. The van der Waals surface area contributed by atoms with E-state index in [1.807, 2.05) is 36.5 Å². The second kappa shape index (κ2) is 8.84. The molecule has 180 valence electrons. The quantitative estimate of drug-likeness (QED) is 0.434. The van der Waals surface area contributed by atoms with Gasteiger partial charge in [-0.05, 0) is 54.0 Å². The van der Waals surface area contributed by atoms with Gasteiger partial charge in [0, 0.05) is 11.9 Å². The summed E-state index contributed by atoms with van der Waals surface area (Å²) in [6, 6.07) is 18.5. The highest BCUT2D eigenvalue weighted by Gasteiger charge is 2.45. The van der Waals surface area contributed by atoms with Crippen LogP contribution in [-0.4, -0.2) is 29.0 Å². The number of aromatic amines is 2. The monoisotopic (exact) mass is 468 g/mol. The topological polar surface area (TPSA) is 75.2 Å². The van der Waals surface area contributed by atoms with Crippen LogP contribution in [0.3, 0.4) is 0 Å². The number of aryl methyl sites for hydroxylation is 1. The summed E-state index contributed by atoms with van der Waals surface area (Å²) >= 11 is 0. The Kier molecular flexibility index (Phi) is 5.83. The van der Waals surface area contributed by atoms with Gasteiger partial charge in [0.2, 0.25) is 23.7 Å². The molecule has 4 aromatic rings. The van der Waals surface area contributed by atoms with Crippen molar-refractivity contribution in [2.24, 2.45) is 0 Å². The number of anilines is 2. The van der Waals surface area contributed by atoms with Crippen LogP contribution in [0.2, 0.25) is 0 Å². The first-order valence-corrected chi connectivity index (χ1v) is 12.3. The van der Waals surface area contributed by atoms with Crippen molar-refractivity contribution in [3.05, 3.63) is 83.8 Å². The second-order valence-corrected chi connectivity index (χ2v) is 10.7. The van der Waals surface area contributed by atoms with Crippen molar-refractivity contribution in [2.75, 3.05) is 23.3 Å². The molecule has 1 aliphatic heterocycles. The van der Waals surface area contributed by atoms with E-state index in [0.717, 1.165) is 59.6 Å². The summed E-state index contributed by atoms with van der Waals surface area (Å²) in [5.74, 6) is 1.13. The maximum Gasteiger partial charge on any atom is 0.235 e. The summed E-state index contributed by atoms with van der Waals surface area (Å²) in [7, 11) is 0. The molecule has 2 aromatic carbocycles. The van der Waals surface area contributed by atoms with Crippen LogP contribution in [0.25, 0.3) is 11.0 Å². The van der Waals surface area contributed by atoms with Crippen molar-refractivity contribution >= 4 is 28.4 Å². The van der Waals surface area contributed by atoms with E-state index in [2.05, 4.69) is 77.1 Å². The number of fused-ring (bicyclic) bond motifs is 1. The first-order valence-electron chi connectivity index (χ1n) is 12.3. The summed E-state index contributed by atoms with van der Waals surface area (Å²) in [6.07, 6.45) is 5.18. The van der Waals surface area contributed by atoms with Crippen LogP contribution >= 0.6 is 0 Å². The number of carbonyl (C=O) groups is 1. The molecule has 1 aliphatic rings. The zero-order valence-electron chi connectivity index (χ0n) is 21.0. The summed E-state index contributed by atoms with van der Waals surface area (Å²) < 4.78 is 0. The van der Waals surface area contributed by atoms with Crippen molar-refractivity contribution in [3.8, 4) is 0 Å². The maximum absolute atomic E-state index is 14.0. The van der Waals surface area contributed by atoms with Crippen molar-refractivity contribution < 1.29 is 9.78 Å². The molecular weight excluding hydrogens is 434 g/mol. The molecule has 5 rings (SSSR count). The number of hydrogen-bond acceptors (Lipinski definition) is 3. The van der Waals surface area contributed by atoms with E-state index in [9.17, 15) is 4.79 Å². The fourth-order valence-electron chi connectivity index (χ4n) is 5.22. The molecule has 0 bridgehead atoms. The van der Waals surface area contributed by atoms with Crippen molar-refractivity contribution in [2.45, 2.75) is 51.4 Å². The third-order valence-corrected chi connectivity index (χ3v) is 7.37. The van der Waals surface area contributed by atoms with E-state index < -0.39 is 5.41 Å². The number of aromatic nitrogens is 3. The van der Waals surface area contributed by atoms with Gasteiger partial charge < -0.3 is 10.3 Å². The number of carbonyl (C=O) groups excluding carboxylic acids is 1. The lowest BCUT2D eigenvalue weighted by molar-refractivity contribution is -0.367. The van der Waals surface area contributed by atoms with Crippen LogP contribution in [0.5, 0.6) is 0 Å². The molecule has 3 heterocycles. The Hall–Kier alpha value is -3.67. The maximum atomic E-state index is 14.0. The summed E-state index contributed by atoms with van der Waals surface area (Å²) in [5, 5.41) is 4.39. The van der Waals surface area contributed by atoms with Crippen LogP contribution in [0.4, 0.5) is 11.5 Å². The van der Waals surface area contributed by atoms with E-state index in [4.69, 9.17) is 0 Å². The molecule has 0 spiro atoms. The van der Waals surface area contributed by atoms with Gasteiger partial charge in [0.05, 0.1) is 18.5 Å². The number of benzene rings is 2. The Labute approximate surface area is 206 Å². The first-order chi connectivity index (χ1) is 16.8. The van der Waals surface area contributed by atoms with Crippen LogP contribution in [0.1, 0.15) is 50.3 Å². The zero-order chi connectivity index (χ0) is 24.6. The Morgan fingerprint density at radius 1 is 1.09 bits per heavy atom. The lowest BCUT2D eigenvalue weighted by atomic mass is 9.71. The van der Waals surface area contributed by atoms with Crippen molar-refractivity contribution in [3.63, 3.8) is 0 Å². The van der Waals surface area contributed by atoms with E-state index in [-0.39, 0.29) is 11.3 Å². The Morgan fingerprint density at radius 2 is 1.83 bits per heavy atom. The molecule has 2 aromatic heterocycles. The fourth-order valence-corrected chi connectivity index (χ4v) is 5.22. The van der Waals surface area contributed by atoms with Crippen LogP contribution in [0.15, 0.2) is 67.1 Å². The van der Waals surface area contributed by atoms with Gasteiger partial charge in [-0.3, -0.25) is 9.69 Å². The Morgan fingerprint density at radius 3 is 2.54 bits per heavy atom. The number of nitrogens with zero attached hydrogens (tertiary/aromatic N) is 2. The molecule has 0 atom stereocenters. The third-order valence-electron chi connectivity index (χ3n) is 7.37. The van der Waals surface area contributed by atoms with Gasteiger partial charge in [0.15, 0.2) is 0 Å². The van der Waals surface area contributed by atoms with Crippen LogP contribution in [-0.2, 0) is 15.6 Å². The normalized spacial score (nSPS) is 15.8. The van der Waals surface area contributed by atoms with Crippen LogP contribution < -0.4 is 15.2 Å². The average molecular weight is 469 g/mol. The molecule has 0 radical (unpaired) electrons. The first kappa shape index (κ1) is 23.1. The summed E-state index contributed by atoms with van der Waals surface area (Å²) in [5.41, 5.74) is 4.61. The van der Waals surface area contributed by atoms with E-state index in [1.54, 1.807) is 6.33 Å². The Balaban J connectivity index is 1.44. The highest BCUT2D eigenvalue weighted by atomic mass is 16.2. The number of rotatable bonds is 4. The molecule has 1 saturated heterocycles. The number of piperidine rings is 1. The molecule has 6 nitrogen and oxygen atoms in total. The number of hydrogen-bond donors (Lipinski definition) is 2. The smallest absolute Gasteiger partial charge is 0.235 e. The fraction of sp³-hybridized carbons (Fsp3) is 0.345. The molecular formula is C29H34N5O+. The van der Waals surface area contributed by atoms with E-state index in [0.29, 0.717) is 0 Å². The summed E-state index contributed by atoms with van der Waals surface area (Å²) in [6.45, 7) is 10.2.